The summed E-state index contributed by atoms with van der Waals surface area (Å²) in [6.07, 6.45) is 0. The Morgan fingerprint density at radius 2 is 2.00 bits per heavy atom. The van der Waals surface area contributed by atoms with Gasteiger partial charge in [-0.25, -0.2) is 0 Å². The fourth-order valence-corrected chi connectivity index (χ4v) is 2.69. The molecule has 1 unspecified atom stereocenters. The molecule has 0 bridgehead atoms. The molecule has 0 aliphatic carbocycles. The van der Waals surface area contributed by atoms with Crippen molar-refractivity contribution in [2.45, 2.75) is 37.1 Å². The molecule has 0 aromatic carbocycles. The minimum absolute atomic E-state index is 0.00572. The first-order valence-electron chi connectivity index (χ1n) is 4.40. The number of hydrogen-bond acceptors (Lipinski definition) is 2. The summed E-state index contributed by atoms with van der Waals surface area (Å²) in [4.78, 5) is 11.0. The molecule has 2 nitrogen and oxygen atoms in total. The normalized spacial score (nSPS) is 12.0. The molecule has 0 radical (unpaired) electrons. The molecule has 0 rings (SSSR count). The van der Waals surface area contributed by atoms with Crippen molar-refractivity contribution in [3.8, 4) is 0 Å². The van der Waals surface area contributed by atoms with Gasteiger partial charge in [-0.3, -0.25) is 0 Å². The molecule has 0 saturated heterocycles. The van der Waals surface area contributed by atoms with E-state index in [1.54, 1.807) is 6.92 Å². The predicted octanol–water partition coefficient (Wildman–Crippen LogP) is 2.18. The molecule has 1 atom stereocenters. The molecule has 13 heavy (non-hydrogen) atoms. The van der Waals surface area contributed by atoms with Gasteiger partial charge in [0.2, 0.25) is 0 Å². The monoisotopic (exact) mass is 246 g/mol. The van der Waals surface area contributed by atoms with Crippen LogP contribution in [0.3, 0.4) is 0 Å². The maximum atomic E-state index is 11.0. The van der Waals surface area contributed by atoms with Gasteiger partial charge in [0.15, 0.2) is 0 Å². The molecule has 0 aromatic heterocycles. The van der Waals surface area contributed by atoms with E-state index in [0.717, 1.165) is 5.21 Å². The number of ether oxygens (including phenoxy) is 1. The molecular weight excluding hydrogens is 227 g/mol. The Balaban J connectivity index is 3.47. The third kappa shape index (κ3) is 8.11. The first kappa shape index (κ1) is 12.8. The topological polar surface area (TPSA) is 26.3 Å². The molecule has 76 valence electrons. The van der Waals surface area contributed by atoms with Crippen LogP contribution in [0.4, 0.5) is 0 Å². The zero-order valence-electron chi connectivity index (χ0n) is 8.94. The molecule has 3 heteroatoms. The predicted molar refractivity (Wildman–Crippen MR) is 57.4 cm³/mol. The van der Waals surface area contributed by atoms with Gasteiger partial charge < -0.3 is 0 Å². The van der Waals surface area contributed by atoms with Crippen molar-refractivity contribution in [1.29, 1.82) is 0 Å². The number of rotatable bonds is 4. The second-order valence-electron chi connectivity index (χ2n) is 4.09. The van der Waals surface area contributed by atoms with E-state index in [4.69, 9.17) is 4.74 Å². The van der Waals surface area contributed by atoms with Gasteiger partial charge in [0.1, 0.15) is 0 Å². The summed E-state index contributed by atoms with van der Waals surface area (Å²) < 4.78 is 5.43. The maximum absolute atomic E-state index is 11.0. The standard InChI is InChI=1S/C10H19AsO2/c1-8(2)9(12)13-7-6-11-10(3,4)5/h11H,1,6-7H2,2-5H3. The van der Waals surface area contributed by atoms with Crippen LogP contribution in [0.5, 0.6) is 0 Å². The zero-order valence-corrected chi connectivity index (χ0v) is 11.0. The van der Waals surface area contributed by atoms with Gasteiger partial charge in [0.05, 0.1) is 0 Å². The second kappa shape index (κ2) is 5.49. The summed E-state index contributed by atoms with van der Waals surface area (Å²) in [5.41, 5.74) is 0.482. The Hall–Kier alpha value is -0.232. The van der Waals surface area contributed by atoms with E-state index >= 15 is 0 Å². The van der Waals surface area contributed by atoms with Crippen LogP contribution in [-0.4, -0.2) is 28.3 Å². The first-order chi connectivity index (χ1) is 5.83. The van der Waals surface area contributed by atoms with Gasteiger partial charge in [0, 0.05) is 0 Å². The van der Waals surface area contributed by atoms with Gasteiger partial charge in [-0.05, 0) is 0 Å². The Labute approximate surface area is 87.4 Å². The Kier molecular flexibility index (Phi) is 5.39. The third-order valence-electron chi connectivity index (χ3n) is 1.34. The van der Waals surface area contributed by atoms with Gasteiger partial charge in [0.25, 0.3) is 0 Å². The molecule has 0 aromatic rings. The van der Waals surface area contributed by atoms with E-state index in [1.165, 1.54) is 0 Å². The van der Waals surface area contributed by atoms with E-state index in [9.17, 15) is 4.79 Å². The molecule has 0 aliphatic heterocycles. The number of esters is 1. The van der Waals surface area contributed by atoms with E-state index in [2.05, 4.69) is 27.4 Å². The van der Waals surface area contributed by atoms with Gasteiger partial charge in [-0.1, -0.05) is 0 Å². The van der Waals surface area contributed by atoms with Crippen LogP contribution < -0.4 is 0 Å². The van der Waals surface area contributed by atoms with Crippen LogP contribution in [0, 0.1) is 0 Å². The fourth-order valence-electron chi connectivity index (χ4n) is 0.693. The SMILES string of the molecule is C=C(C)C(=O)OCC[AsH]C(C)(C)C. The first-order valence-corrected chi connectivity index (χ1v) is 6.94. The molecule has 0 saturated carbocycles. The van der Waals surface area contributed by atoms with Crippen LogP contribution >= 0.6 is 0 Å². The van der Waals surface area contributed by atoms with Crippen LogP contribution in [0.15, 0.2) is 12.2 Å². The van der Waals surface area contributed by atoms with Gasteiger partial charge >= 0.3 is 87.1 Å². The summed E-state index contributed by atoms with van der Waals surface area (Å²) in [5, 5.41) is 1.04. The molecule has 0 N–H and O–H groups in total. The van der Waals surface area contributed by atoms with E-state index in [1.807, 2.05) is 0 Å². The summed E-state index contributed by atoms with van der Waals surface area (Å²) in [5.74, 6) is -0.263. The summed E-state index contributed by atoms with van der Waals surface area (Å²) >= 11 is -0.00572. The van der Waals surface area contributed by atoms with Crippen LogP contribution in [0.1, 0.15) is 27.7 Å². The molecule has 0 aliphatic rings. The number of hydrogen-bond donors (Lipinski definition) is 0. The van der Waals surface area contributed by atoms with E-state index < -0.39 is 0 Å². The molecule has 0 amide bonds. The van der Waals surface area contributed by atoms with E-state index in [0.29, 0.717) is 16.4 Å². The summed E-state index contributed by atoms with van der Waals surface area (Å²) in [7, 11) is 0. The minimum atomic E-state index is -0.263. The summed E-state index contributed by atoms with van der Waals surface area (Å²) in [6, 6.07) is 0. The zero-order chi connectivity index (χ0) is 10.5. The van der Waals surface area contributed by atoms with Gasteiger partial charge in [-0.2, -0.15) is 0 Å². The van der Waals surface area contributed by atoms with Crippen molar-refractivity contribution in [2.75, 3.05) is 6.61 Å². The van der Waals surface area contributed by atoms with Crippen molar-refractivity contribution < 1.29 is 9.53 Å². The Bertz CT molecular complexity index is 192. The second-order valence-corrected chi connectivity index (χ2v) is 9.03. The molecular formula is C10H19AsO2. The third-order valence-corrected chi connectivity index (χ3v) is 4.52. The molecule has 0 fully saturated rings. The quantitative estimate of drug-likeness (QED) is 0.329. The van der Waals surface area contributed by atoms with Gasteiger partial charge in [-0.15, -0.1) is 0 Å². The Morgan fingerprint density at radius 3 is 2.38 bits per heavy atom. The fraction of sp³-hybridized carbons (Fsp3) is 0.700. The number of carbonyl (C=O) groups excluding carboxylic acids is 1. The summed E-state index contributed by atoms with van der Waals surface area (Å²) in [6.45, 7) is 12.4. The molecule has 0 heterocycles. The van der Waals surface area contributed by atoms with Crippen LogP contribution in [0.2, 0.25) is 9.41 Å². The van der Waals surface area contributed by atoms with Crippen LogP contribution in [0.25, 0.3) is 0 Å². The van der Waals surface area contributed by atoms with Crippen molar-refractivity contribution in [1.82, 2.24) is 0 Å². The van der Waals surface area contributed by atoms with E-state index in [-0.39, 0.29) is 21.7 Å². The van der Waals surface area contributed by atoms with Crippen LogP contribution in [-0.2, 0) is 9.53 Å². The number of carbonyl (C=O) groups is 1. The van der Waals surface area contributed by atoms with Crippen molar-refractivity contribution >= 4 is 21.7 Å². The Morgan fingerprint density at radius 1 is 1.46 bits per heavy atom. The molecule has 0 spiro atoms. The van der Waals surface area contributed by atoms with Crippen molar-refractivity contribution in [3.63, 3.8) is 0 Å². The van der Waals surface area contributed by atoms with Crippen molar-refractivity contribution in [2.24, 2.45) is 0 Å². The van der Waals surface area contributed by atoms with Crippen molar-refractivity contribution in [3.05, 3.63) is 12.2 Å². The average molecular weight is 246 g/mol. The average Bonchev–Trinajstić information content (AvgIpc) is 1.95.